The molecule has 0 fully saturated rings. The van der Waals surface area contributed by atoms with Crippen molar-refractivity contribution < 1.29 is 34.0 Å². The van der Waals surface area contributed by atoms with Gasteiger partial charge < -0.3 is 24.4 Å². The number of hydrogen-bond donors (Lipinski definition) is 3. The SMILES string of the molecule is CO[C@H](/C=C/C(=O)O)[C@H](OC(=O)Nc1ccc(SC)cc1)c1ccc(OCCO)cc1. The zero-order valence-electron chi connectivity index (χ0n) is 17.2. The van der Waals surface area contributed by atoms with Crippen molar-refractivity contribution in [3.8, 4) is 5.75 Å². The van der Waals surface area contributed by atoms with Gasteiger partial charge in [-0.25, -0.2) is 9.59 Å². The molecule has 2 rings (SSSR count). The van der Waals surface area contributed by atoms with Crippen LogP contribution in [0.2, 0.25) is 0 Å². The molecule has 0 spiro atoms. The monoisotopic (exact) mass is 447 g/mol. The van der Waals surface area contributed by atoms with Crippen LogP contribution < -0.4 is 10.1 Å². The van der Waals surface area contributed by atoms with Crippen LogP contribution in [0.1, 0.15) is 11.7 Å². The van der Waals surface area contributed by atoms with Gasteiger partial charge in [-0.1, -0.05) is 12.1 Å². The molecule has 2 aromatic rings. The Morgan fingerprint density at radius 3 is 2.35 bits per heavy atom. The molecule has 2 aromatic carbocycles. The van der Waals surface area contributed by atoms with E-state index in [2.05, 4.69) is 5.32 Å². The third kappa shape index (κ3) is 7.97. The normalized spacial score (nSPS) is 12.9. The average Bonchev–Trinajstić information content (AvgIpc) is 2.78. The largest absolute Gasteiger partial charge is 0.491 e. The number of methoxy groups -OCH3 is 1. The number of aliphatic hydroxyl groups is 1. The fraction of sp³-hybridized carbons (Fsp3) is 0.273. The minimum atomic E-state index is -1.15. The van der Waals surface area contributed by atoms with Crippen molar-refractivity contribution in [2.45, 2.75) is 17.1 Å². The molecule has 3 N–H and O–H groups in total. The van der Waals surface area contributed by atoms with E-state index < -0.39 is 24.3 Å². The molecule has 0 unspecified atom stereocenters. The van der Waals surface area contributed by atoms with Crippen molar-refractivity contribution in [2.24, 2.45) is 0 Å². The summed E-state index contributed by atoms with van der Waals surface area (Å²) in [6, 6.07) is 13.9. The van der Waals surface area contributed by atoms with Gasteiger partial charge in [-0.2, -0.15) is 0 Å². The van der Waals surface area contributed by atoms with Crippen molar-refractivity contribution in [3.05, 3.63) is 66.2 Å². The van der Waals surface area contributed by atoms with Crippen LogP contribution in [0.15, 0.2) is 65.6 Å². The maximum atomic E-state index is 12.5. The molecular weight excluding hydrogens is 422 g/mol. The number of hydrogen-bond acceptors (Lipinski definition) is 7. The number of ether oxygens (including phenoxy) is 3. The van der Waals surface area contributed by atoms with Crippen molar-refractivity contribution in [3.63, 3.8) is 0 Å². The standard InChI is InChI=1S/C22H25NO7S/c1-28-19(11-12-20(25)26)21(15-3-7-17(8-4-15)29-14-13-24)30-22(27)23-16-5-9-18(31-2)10-6-16/h3-12,19,21,24H,13-14H2,1-2H3,(H,23,27)(H,25,26)/b12-11+/t19-,21-/m1/s1. The van der Waals surface area contributed by atoms with Gasteiger partial charge in [0.05, 0.1) is 6.61 Å². The first-order valence-electron chi connectivity index (χ1n) is 9.36. The fourth-order valence-electron chi connectivity index (χ4n) is 2.66. The summed E-state index contributed by atoms with van der Waals surface area (Å²) in [4.78, 5) is 24.5. The summed E-state index contributed by atoms with van der Waals surface area (Å²) < 4.78 is 16.3. The summed E-state index contributed by atoms with van der Waals surface area (Å²) in [6.45, 7) is 0.0381. The van der Waals surface area contributed by atoms with Crippen LogP contribution in [0.5, 0.6) is 5.75 Å². The third-order valence-corrected chi connectivity index (χ3v) is 4.88. The van der Waals surface area contributed by atoms with Gasteiger partial charge in [0.15, 0.2) is 6.10 Å². The molecule has 0 saturated heterocycles. The number of anilines is 1. The van der Waals surface area contributed by atoms with Gasteiger partial charge in [0, 0.05) is 23.8 Å². The van der Waals surface area contributed by atoms with Crippen LogP contribution >= 0.6 is 11.8 Å². The highest BCUT2D eigenvalue weighted by atomic mass is 32.2. The van der Waals surface area contributed by atoms with E-state index in [9.17, 15) is 9.59 Å². The summed E-state index contributed by atoms with van der Waals surface area (Å²) in [7, 11) is 1.39. The van der Waals surface area contributed by atoms with E-state index >= 15 is 0 Å². The summed E-state index contributed by atoms with van der Waals surface area (Å²) in [5.41, 5.74) is 1.13. The van der Waals surface area contributed by atoms with Crippen LogP contribution in [0, 0.1) is 0 Å². The minimum absolute atomic E-state index is 0.114. The Kier molecular flexibility index (Phi) is 9.89. The molecule has 0 aliphatic heterocycles. The molecule has 0 heterocycles. The molecule has 9 heteroatoms. The van der Waals surface area contributed by atoms with Gasteiger partial charge in [0.1, 0.15) is 18.5 Å². The Bertz CT molecular complexity index is 868. The number of carboxylic acids is 1. The molecule has 0 aliphatic carbocycles. The molecule has 0 aromatic heterocycles. The highest BCUT2D eigenvalue weighted by molar-refractivity contribution is 7.98. The van der Waals surface area contributed by atoms with Gasteiger partial charge in [-0.15, -0.1) is 11.8 Å². The number of aliphatic carboxylic acids is 1. The number of nitrogens with one attached hydrogen (secondary N) is 1. The highest BCUT2D eigenvalue weighted by Crippen LogP contribution is 2.27. The van der Waals surface area contributed by atoms with E-state index in [1.54, 1.807) is 48.2 Å². The number of thioether (sulfide) groups is 1. The molecule has 8 nitrogen and oxygen atoms in total. The average molecular weight is 448 g/mol. The summed E-state index contributed by atoms with van der Waals surface area (Å²) in [5, 5.41) is 20.5. The van der Waals surface area contributed by atoms with E-state index in [0.717, 1.165) is 11.0 Å². The van der Waals surface area contributed by atoms with E-state index in [-0.39, 0.29) is 13.2 Å². The molecule has 0 bridgehead atoms. The Hall–Kier alpha value is -3.01. The Balaban J connectivity index is 2.21. The summed E-state index contributed by atoms with van der Waals surface area (Å²) >= 11 is 1.58. The number of carboxylic acid groups (broad SMARTS) is 1. The lowest BCUT2D eigenvalue weighted by Crippen LogP contribution is -2.27. The second-order valence-electron chi connectivity index (χ2n) is 6.22. The number of rotatable bonds is 11. The first kappa shape index (κ1) is 24.3. The number of carbonyl (C=O) groups excluding carboxylic acids is 1. The van der Waals surface area contributed by atoms with Gasteiger partial charge in [-0.3, -0.25) is 5.32 Å². The smallest absolute Gasteiger partial charge is 0.412 e. The Morgan fingerprint density at radius 1 is 1.13 bits per heavy atom. The topological polar surface area (TPSA) is 114 Å². The van der Waals surface area contributed by atoms with Gasteiger partial charge in [0.25, 0.3) is 0 Å². The molecule has 0 radical (unpaired) electrons. The summed E-state index contributed by atoms with van der Waals surface area (Å²) in [5.74, 6) is -0.614. The number of amides is 1. The predicted octanol–water partition coefficient (Wildman–Crippen LogP) is 3.73. The lowest BCUT2D eigenvalue weighted by Gasteiger charge is -2.24. The number of benzene rings is 2. The Labute approximate surface area is 184 Å². The minimum Gasteiger partial charge on any atom is -0.491 e. The highest BCUT2D eigenvalue weighted by Gasteiger charge is 2.26. The van der Waals surface area contributed by atoms with Gasteiger partial charge >= 0.3 is 12.1 Å². The lowest BCUT2D eigenvalue weighted by molar-refractivity contribution is -0.131. The van der Waals surface area contributed by atoms with E-state index in [1.807, 2.05) is 18.4 Å². The van der Waals surface area contributed by atoms with Crippen molar-refractivity contribution in [1.82, 2.24) is 0 Å². The molecule has 0 saturated carbocycles. The fourth-order valence-corrected chi connectivity index (χ4v) is 3.07. The van der Waals surface area contributed by atoms with Gasteiger partial charge in [-0.05, 0) is 54.3 Å². The predicted molar refractivity (Wildman–Crippen MR) is 118 cm³/mol. The van der Waals surface area contributed by atoms with Crippen LogP contribution in [0.3, 0.4) is 0 Å². The van der Waals surface area contributed by atoms with Crippen molar-refractivity contribution in [1.29, 1.82) is 0 Å². The van der Waals surface area contributed by atoms with Crippen LogP contribution in [-0.2, 0) is 14.3 Å². The van der Waals surface area contributed by atoms with Gasteiger partial charge in [0.2, 0.25) is 0 Å². The molecule has 31 heavy (non-hydrogen) atoms. The quantitative estimate of drug-likeness (QED) is 0.353. The lowest BCUT2D eigenvalue weighted by atomic mass is 10.0. The molecule has 166 valence electrons. The number of carbonyl (C=O) groups is 2. The third-order valence-electron chi connectivity index (χ3n) is 4.14. The van der Waals surface area contributed by atoms with E-state index in [1.165, 1.54) is 13.2 Å². The summed E-state index contributed by atoms with van der Waals surface area (Å²) in [6.07, 6.45) is 1.72. The Morgan fingerprint density at radius 2 is 1.81 bits per heavy atom. The van der Waals surface area contributed by atoms with Crippen LogP contribution in [-0.4, -0.2) is 55.0 Å². The number of aliphatic hydroxyl groups excluding tert-OH is 1. The second kappa shape index (κ2) is 12.6. The first-order chi connectivity index (χ1) is 15.0. The maximum Gasteiger partial charge on any atom is 0.412 e. The van der Waals surface area contributed by atoms with Crippen LogP contribution in [0.4, 0.5) is 10.5 Å². The second-order valence-corrected chi connectivity index (χ2v) is 7.10. The molecule has 0 aliphatic rings. The molecule has 2 atom stereocenters. The van der Waals surface area contributed by atoms with E-state index in [0.29, 0.717) is 17.0 Å². The zero-order valence-corrected chi connectivity index (χ0v) is 18.0. The van der Waals surface area contributed by atoms with Crippen LogP contribution in [0.25, 0.3) is 0 Å². The maximum absolute atomic E-state index is 12.5. The van der Waals surface area contributed by atoms with Crippen molar-refractivity contribution in [2.75, 3.05) is 31.9 Å². The van der Waals surface area contributed by atoms with Crippen molar-refractivity contribution >= 4 is 29.5 Å². The molecular formula is C22H25NO7S. The molecule has 1 amide bonds. The van der Waals surface area contributed by atoms with E-state index in [4.69, 9.17) is 24.4 Å². The zero-order chi connectivity index (χ0) is 22.6. The first-order valence-corrected chi connectivity index (χ1v) is 10.6.